The van der Waals surface area contributed by atoms with Crippen LogP contribution in [-0.2, 0) is 4.43 Å². The van der Waals surface area contributed by atoms with Crippen LogP contribution in [0.4, 0.5) is 8.78 Å². The first-order valence-corrected chi connectivity index (χ1v) is 12.0. The molecule has 2 nitrogen and oxygen atoms in total. The van der Waals surface area contributed by atoms with Gasteiger partial charge in [-0.1, -0.05) is 81.4 Å². The second-order valence-corrected chi connectivity index (χ2v) is 12.9. The highest BCUT2D eigenvalue weighted by molar-refractivity contribution is 6.99. The van der Waals surface area contributed by atoms with Gasteiger partial charge in [-0.15, -0.1) is 0 Å². The summed E-state index contributed by atoms with van der Waals surface area (Å²) in [6, 6.07) is 21.0. The van der Waals surface area contributed by atoms with Gasteiger partial charge >= 0.3 is 0 Å². The predicted octanol–water partition coefficient (Wildman–Crippen LogP) is 4.29. The van der Waals surface area contributed by atoms with E-state index in [1.807, 2.05) is 17.0 Å². The smallest absolute Gasteiger partial charge is 0.261 e. The van der Waals surface area contributed by atoms with Gasteiger partial charge in [0.2, 0.25) is 0 Å². The predicted molar refractivity (Wildman–Crippen MR) is 114 cm³/mol. The molecule has 0 radical (unpaired) electrons. The molecule has 1 unspecified atom stereocenters. The first-order chi connectivity index (χ1) is 13.3. The Morgan fingerprint density at radius 1 is 1.00 bits per heavy atom. The van der Waals surface area contributed by atoms with Crippen molar-refractivity contribution in [2.45, 2.75) is 51.2 Å². The maximum Gasteiger partial charge on any atom is 0.261 e. The highest BCUT2D eigenvalue weighted by atomic mass is 28.4. The van der Waals surface area contributed by atoms with Gasteiger partial charge in [0.15, 0.2) is 0 Å². The Hall–Kier alpha value is -1.56. The summed E-state index contributed by atoms with van der Waals surface area (Å²) in [5.74, 6) is 0. The number of rotatable bonds is 6. The fourth-order valence-electron chi connectivity index (χ4n) is 4.41. The zero-order valence-corrected chi connectivity index (χ0v) is 18.1. The molecule has 1 fully saturated rings. The summed E-state index contributed by atoms with van der Waals surface area (Å²) in [5, 5.41) is 2.38. The van der Waals surface area contributed by atoms with Crippen LogP contribution in [-0.4, -0.2) is 45.4 Å². The molecule has 0 bridgehead atoms. The molecule has 0 spiro atoms. The first-order valence-electron chi connectivity index (χ1n) is 10.1. The minimum Gasteiger partial charge on any atom is -0.403 e. The van der Waals surface area contributed by atoms with Crippen molar-refractivity contribution in [1.29, 1.82) is 0 Å². The third kappa shape index (κ3) is 4.53. The van der Waals surface area contributed by atoms with Crippen molar-refractivity contribution in [2.75, 3.05) is 19.6 Å². The van der Waals surface area contributed by atoms with Gasteiger partial charge in [0, 0.05) is 6.54 Å². The van der Waals surface area contributed by atoms with Crippen molar-refractivity contribution in [2.24, 2.45) is 0 Å². The third-order valence-electron chi connectivity index (χ3n) is 5.62. The van der Waals surface area contributed by atoms with E-state index >= 15 is 0 Å². The molecule has 1 heterocycles. The van der Waals surface area contributed by atoms with Crippen molar-refractivity contribution >= 4 is 18.7 Å². The molecule has 152 valence electrons. The van der Waals surface area contributed by atoms with Gasteiger partial charge in [0.1, 0.15) is 0 Å². The molecule has 2 aromatic rings. The van der Waals surface area contributed by atoms with Gasteiger partial charge in [-0.25, -0.2) is 8.78 Å². The normalized spacial score (nSPS) is 19.1. The number of hydrogen-bond acceptors (Lipinski definition) is 2. The van der Waals surface area contributed by atoms with Crippen LogP contribution in [0.3, 0.4) is 0 Å². The lowest BCUT2D eigenvalue weighted by Crippen LogP contribution is -2.68. The van der Waals surface area contributed by atoms with Crippen LogP contribution in [0.25, 0.3) is 0 Å². The summed E-state index contributed by atoms with van der Waals surface area (Å²) in [5.41, 5.74) is 0. The molecule has 0 saturated carbocycles. The summed E-state index contributed by atoms with van der Waals surface area (Å²) >= 11 is 0. The number of nitrogens with zero attached hydrogens (tertiary/aromatic N) is 1. The summed E-state index contributed by atoms with van der Waals surface area (Å²) < 4.78 is 32.9. The Labute approximate surface area is 168 Å². The standard InChI is InChI=1S/C23H31F2NOSi/c1-23(2,3)28(20-12-6-4-7-13-20,21-14-8-5-9-15-21)27-19-11-10-16-26(17-19)18-22(24)25/h4-9,12-15,19,22H,10-11,16-18H2,1-3H3. The third-order valence-corrected chi connectivity index (χ3v) is 10.7. The number of benzene rings is 2. The van der Waals surface area contributed by atoms with E-state index in [1.54, 1.807) is 0 Å². The lowest BCUT2D eigenvalue weighted by atomic mass is 10.1. The van der Waals surface area contributed by atoms with Gasteiger partial charge < -0.3 is 4.43 Å². The van der Waals surface area contributed by atoms with Crippen molar-refractivity contribution in [3.05, 3.63) is 60.7 Å². The topological polar surface area (TPSA) is 12.5 Å². The number of alkyl halides is 2. The van der Waals surface area contributed by atoms with E-state index in [0.717, 1.165) is 19.4 Å². The minimum absolute atomic E-state index is 0.0289. The van der Waals surface area contributed by atoms with Gasteiger partial charge in [-0.3, -0.25) is 4.90 Å². The number of piperidine rings is 1. The Balaban J connectivity index is 2.01. The van der Waals surface area contributed by atoms with E-state index < -0.39 is 14.7 Å². The van der Waals surface area contributed by atoms with E-state index in [2.05, 4.69) is 69.3 Å². The van der Waals surface area contributed by atoms with E-state index in [4.69, 9.17) is 4.43 Å². The molecule has 5 heteroatoms. The summed E-state index contributed by atoms with van der Waals surface area (Å²) in [6.45, 7) is 7.89. The maximum atomic E-state index is 12.9. The second-order valence-electron chi connectivity index (χ2n) is 8.70. The lowest BCUT2D eigenvalue weighted by Gasteiger charge is -2.47. The Kier molecular flexibility index (Phi) is 6.68. The molecule has 1 aliphatic heterocycles. The highest BCUT2D eigenvalue weighted by Crippen LogP contribution is 2.38. The molecule has 1 atom stereocenters. The van der Waals surface area contributed by atoms with E-state index in [1.165, 1.54) is 10.4 Å². The Morgan fingerprint density at radius 3 is 2.00 bits per heavy atom. The summed E-state index contributed by atoms with van der Waals surface area (Å²) in [4.78, 5) is 1.86. The first kappa shape index (κ1) is 21.2. The van der Waals surface area contributed by atoms with Gasteiger partial charge in [-0.2, -0.15) is 0 Å². The SMILES string of the molecule is CC(C)(C)[Si](OC1CCCN(CC(F)F)C1)(c1ccccc1)c1ccccc1. The van der Waals surface area contributed by atoms with Crippen molar-refractivity contribution in [1.82, 2.24) is 4.90 Å². The molecule has 0 aliphatic carbocycles. The Morgan fingerprint density at radius 2 is 1.54 bits per heavy atom. The fourth-order valence-corrected chi connectivity index (χ4v) is 9.12. The average Bonchev–Trinajstić information content (AvgIpc) is 2.66. The van der Waals surface area contributed by atoms with Crippen molar-refractivity contribution < 1.29 is 13.2 Å². The summed E-state index contributed by atoms with van der Waals surface area (Å²) in [6.07, 6.45) is -0.509. The van der Waals surface area contributed by atoms with Crippen LogP contribution in [0, 0.1) is 0 Å². The molecular formula is C23H31F2NOSi. The van der Waals surface area contributed by atoms with Crippen LogP contribution in [0.1, 0.15) is 33.6 Å². The zero-order valence-electron chi connectivity index (χ0n) is 17.1. The number of likely N-dealkylation sites (tertiary alicyclic amines) is 1. The van der Waals surface area contributed by atoms with Crippen LogP contribution < -0.4 is 10.4 Å². The largest absolute Gasteiger partial charge is 0.403 e. The summed E-state index contributed by atoms with van der Waals surface area (Å²) in [7, 11) is -2.62. The molecule has 28 heavy (non-hydrogen) atoms. The maximum absolute atomic E-state index is 12.9. The molecular weight excluding hydrogens is 372 g/mol. The van der Waals surface area contributed by atoms with Crippen molar-refractivity contribution in [3.63, 3.8) is 0 Å². The number of hydrogen-bond donors (Lipinski definition) is 0. The minimum atomic E-state index is -2.62. The van der Waals surface area contributed by atoms with Gasteiger partial charge in [0.25, 0.3) is 14.7 Å². The fraction of sp³-hybridized carbons (Fsp3) is 0.478. The van der Waals surface area contributed by atoms with Crippen LogP contribution in [0.15, 0.2) is 60.7 Å². The zero-order chi connectivity index (χ0) is 20.2. The van der Waals surface area contributed by atoms with Crippen LogP contribution >= 0.6 is 0 Å². The molecule has 0 aromatic heterocycles. The molecule has 1 aliphatic rings. The Bertz CT molecular complexity index is 694. The van der Waals surface area contributed by atoms with Crippen molar-refractivity contribution in [3.8, 4) is 0 Å². The van der Waals surface area contributed by atoms with Gasteiger partial charge in [-0.05, 0) is 34.8 Å². The van der Waals surface area contributed by atoms with Gasteiger partial charge in [0.05, 0.1) is 12.6 Å². The van der Waals surface area contributed by atoms with Crippen LogP contribution in [0.5, 0.6) is 0 Å². The highest BCUT2D eigenvalue weighted by Gasteiger charge is 2.51. The average molecular weight is 404 g/mol. The van der Waals surface area contributed by atoms with E-state index in [0.29, 0.717) is 6.54 Å². The monoisotopic (exact) mass is 403 g/mol. The van der Waals surface area contributed by atoms with Crippen LogP contribution in [0.2, 0.25) is 5.04 Å². The molecule has 0 amide bonds. The molecule has 2 aromatic carbocycles. The lowest BCUT2D eigenvalue weighted by molar-refractivity contribution is 0.0348. The molecule has 0 N–H and O–H groups in total. The van der Waals surface area contributed by atoms with E-state index in [9.17, 15) is 8.78 Å². The number of halogens is 2. The van der Waals surface area contributed by atoms with E-state index in [-0.39, 0.29) is 17.7 Å². The quantitative estimate of drug-likeness (QED) is 0.667. The molecule has 3 rings (SSSR count). The second kappa shape index (κ2) is 8.85. The molecule has 1 saturated heterocycles.